The first kappa shape index (κ1) is 8.28. The van der Waals surface area contributed by atoms with Crippen molar-refractivity contribution in [1.82, 2.24) is 0 Å². The Kier molecular flexibility index (Phi) is 3.45. The first-order valence-corrected chi connectivity index (χ1v) is 4.03. The molecule has 0 bridgehead atoms. The quantitative estimate of drug-likeness (QED) is 0.651. The molecular weight excluding hydrogens is 214 g/mol. The number of nitriles is 1. The van der Waals surface area contributed by atoms with E-state index in [4.69, 9.17) is 5.26 Å². The molecule has 0 fully saturated rings. The van der Waals surface area contributed by atoms with Crippen molar-refractivity contribution in [3.05, 3.63) is 0 Å². The van der Waals surface area contributed by atoms with Crippen LogP contribution in [0.25, 0.3) is 0 Å². The van der Waals surface area contributed by atoms with E-state index < -0.39 is 0 Å². The minimum atomic E-state index is -0.0524. The van der Waals surface area contributed by atoms with Gasteiger partial charge >= 0.3 is 63.8 Å². The molecule has 0 aromatic carbocycles. The topological polar surface area (TPSA) is 23.8 Å². The number of rotatable bonds is 2. The molecule has 0 radical (unpaired) electrons. The zero-order valence-electron chi connectivity index (χ0n) is 5.31. The van der Waals surface area contributed by atoms with E-state index in [1.54, 1.807) is 22.3 Å². The zero-order chi connectivity index (χ0) is 6.62. The molecule has 0 spiro atoms. The van der Waals surface area contributed by atoms with E-state index in [1.165, 1.54) is 0 Å². The van der Waals surface area contributed by atoms with Crippen molar-refractivity contribution in [2.75, 3.05) is 0 Å². The van der Waals surface area contributed by atoms with Gasteiger partial charge in [0.2, 0.25) is 0 Å². The molecule has 0 aromatic heterocycles. The van der Waals surface area contributed by atoms with Crippen molar-refractivity contribution in [2.45, 2.75) is 30.2 Å². The summed E-state index contributed by atoms with van der Waals surface area (Å²) in [5.74, 6) is 0. The normalized spacial score (nSPS) is 16.8. The summed E-state index contributed by atoms with van der Waals surface area (Å²) in [6.07, 6.45) is 2.14. The summed E-state index contributed by atoms with van der Waals surface area (Å²) in [5, 5.41) is 8.49. The van der Waals surface area contributed by atoms with Gasteiger partial charge in [-0.15, -0.1) is 0 Å². The summed E-state index contributed by atoms with van der Waals surface area (Å²) in [5.41, 5.74) is 0. The Balaban J connectivity index is 3.59. The van der Waals surface area contributed by atoms with Gasteiger partial charge in [-0.25, -0.2) is 0 Å². The molecule has 1 atom stereocenters. The number of hydrogen-bond donors (Lipinski definition) is 0. The molecule has 1 unspecified atom stereocenters. The summed E-state index contributed by atoms with van der Waals surface area (Å²) in [6, 6.07) is 2.26. The van der Waals surface area contributed by atoms with Gasteiger partial charge in [0.05, 0.1) is 0 Å². The fourth-order valence-electron chi connectivity index (χ4n) is 0.543. The third-order valence-corrected chi connectivity index (χ3v) is 1.90. The van der Waals surface area contributed by atoms with Crippen LogP contribution in [0.5, 0.6) is 0 Å². The van der Waals surface area contributed by atoms with E-state index in [-0.39, 0.29) is 3.46 Å². The van der Waals surface area contributed by atoms with Crippen molar-refractivity contribution in [3.8, 4) is 6.07 Å². The fourth-order valence-corrected chi connectivity index (χ4v) is 1.18. The molecular formula is C6H11NTe. The first-order valence-electron chi connectivity index (χ1n) is 2.76. The SMILES string of the molecule is CCCC(C)([TeH])C#N. The predicted molar refractivity (Wildman–Crippen MR) is 36.0 cm³/mol. The van der Waals surface area contributed by atoms with E-state index in [9.17, 15) is 0 Å². The maximum atomic E-state index is 8.49. The Morgan fingerprint density at radius 1 is 1.75 bits per heavy atom. The van der Waals surface area contributed by atoms with E-state index in [0.29, 0.717) is 0 Å². The molecule has 0 amide bonds. The summed E-state index contributed by atoms with van der Waals surface area (Å²) < 4.78 is -0.0524. The molecule has 0 aliphatic rings. The standard InChI is InChI=1S/C6H11NTe/c1-3-4-6(2,8)5-7/h8H,3-4H2,1-2H3. The van der Waals surface area contributed by atoms with Crippen LogP contribution in [0.2, 0.25) is 3.46 Å². The minimum absolute atomic E-state index is 0.0524. The van der Waals surface area contributed by atoms with E-state index in [0.717, 1.165) is 12.8 Å². The van der Waals surface area contributed by atoms with Gasteiger partial charge in [0.15, 0.2) is 0 Å². The summed E-state index contributed by atoms with van der Waals surface area (Å²) in [7, 11) is 0. The summed E-state index contributed by atoms with van der Waals surface area (Å²) >= 11 is 1.62. The van der Waals surface area contributed by atoms with Gasteiger partial charge in [0, 0.05) is 0 Å². The van der Waals surface area contributed by atoms with Crippen molar-refractivity contribution in [1.29, 1.82) is 5.26 Å². The molecule has 0 rings (SSSR count). The Hall–Kier alpha value is 0.280. The molecule has 46 valence electrons. The van der Waals surface area contributed by atoms with E-state index in [1.807, 2.05) is 6.92 Å². The molecule has 2 heteroatoms. The van der Waals surface area contributed by atoms with Crippen LogP contribution in [-0.2, 0) is 0 Å². The summed E-state index contributed by atoms with van der Waals surface area (Å²) in [6.45, 7) is 4.10. The van der Waals surface area contributed by atoms with Gasteiger partial charge < -0.3 is 0 Å². The molecule has 8 heavy (non-hydrogen) atoms. The van der Waals surface area contributed by atoms with Crippen molar-refractivity contribution >= 4 is 22.3 Å². The second kappa shape index (κ2) is 3.33. The number of hydrogen-bond acceptors (Lipinski definition) is 1. The average molecular weight is 225 g/mol. The van der Waals surface area contributed by atoms with Crippen LogP contribution < -0.4 is 0 Å². The third-order valence-electron chi connectivity index (χ3n) is 0.978. The van der Waals surface area contributed by atoms with Crippen molar-refractivity contribution in [3.63, 3.8) is 0 Å². The van der Waals surface area contributed by atoms with Crippen LogP contribution in [0.4, 0.5) is 0 Å². The maximum absolute atomic E-state index is 8.49. The Morgan fingerprint density at radius 3 is 2.38 bits per heavy atom. The fraction of sp³-hybridized carbons (Fsp3) is 0.833. The second-order valence-electron chi connectivity index (χ2n) is 2.14. The Morgan fingerprint density at radius 2 is 2.25 bits per heavy atom. The second-order valence-corrected chi connectivity index (χ2v) is 4.95. The van der Waals surface area contributed by atoms with Crippen molar-refractivity contribution < 1.29 is 0 Å². The van der Waals surface area contributed by atoms with Gasteiger partial charge in [-0.3, -0.25) is 0 Å². The van der Waals surface area contributed by atoms with Gasteiger partial charge in [-0.2, -0.15) is 0 Å². The molecule has 0 saturated heterocycles. The first-order chi connectivity index (χ1) is 3.62. The predicted octanol–water partition coefficient (Wildman–Crippen LogP) is 1.39. The van der Waals surface area contributed by atoms with Gasteiger partial charge in [0.1, 0.15) is 0 Å². The monoisotopic (exact) mass is 227 g/mol. The van der Waals surface area contributed by atoms with E-state index in [2.05, 4.69) is 13.0 Å². The zero-order valence-corrected chi connectivity index (χ0v) is 7.86. The summed E-state index contributed by atoms with van der Waals surface area (Å²) in [4.78, 5) is 0. The van der Waals surface area contributed by atoms with Gasteiger partial charge in [-0.05, 0) is 0 Å². The van der Waals surface area contributed by atoms with Crippen LogP contribution in [0.15, 0.2) is 0 Å². The molecule has 0 saturated carbocycles. The average Bonchev–Trinajstić information content (AvgIpc) is 1.67. The molecule has 0 heterocycles. The van der Waals surface area contributed by atoms with Gasteiger partial charge in [0.25, 0.3) is 0 Å². The van der Waals surface area contributed by atoms with Crippen LogP contribution >= 0.6 is 0 Å². The van der Waals surface area contributed by atoms with Crippen molar-refractivity contribution in [2.24, 2.45) is 0 Å². The van der Waals surface area contributed by atoms with E-state index >= 15 is 0 Å². The van der Waals surface area contributed by atoms with Crippen LogP contribution in [0.1, 0.15) is 26.7 Å². The molecule has 0 N–H and O–H groups in total. The van der Waals surface area contributed by atoms with Crippen LogP contribution in [-0.4, -0.2) is 22.3 Å². The Bertz CT molecular complexity index is 102. The third kappa shape index (κ3) is 3.30. The molecule has 0 aromatic rings. The molecule has 1 nitrogen and oxygen atoms in total. The molecule has 0 aliphatic heterocycles. The number of nitrogens with zero attached hydrogens (tertiary/aromatic N) is 1. The Labute approximate surface area is 64.0 Å². The van der Waals surface area contributed by atoms with Crippen LogP contribution in [0, 0.1) is 11.3 Å². The van der Waals surface area contributed by atoms with Crippen LogP contribution in [0.3, 0.4) is 0 Å². The molecule has 0 aliphatic carbocycles. The van der Waals surface area contributed by atoms with Gasteiger partial charge in [-0.1, -0.05) is 0 Å².